The second-order valence-electron chi connectivity index (χ2n) is 4.21. The fraction of sp³-hybridized carbons (Fsp3) is 0.583. The number of ketones is 1. The maximum absolute atomic E-state index is 12.1. The molecule has 0 saturated heterocycles. The monoisotopic (exact) mass is 381 g/mol. The van der Waals surface area contributed by atoms with E-state index >= 15 is 0 Å². The number of nitrogens with zero attached hydrogens (tertiary/aromatic N) is 1. The summed E-state index contributed by atoms with van der Waals surface area (Å²) in [6.45, 7) is 4.80. The summed E-state index contributed by atoms with van der Waals surface area (Å²) in [4.78, 5) is 14.2. The van der Waals surface area contributed by atoms with Crippen molar-refractivity contribution in [2.24, 2.45) is 0 Å². The SMILES string of the molecule is CCCC(C)N(C)CC(=O)c1cc(Br)sc1Br. The van der Waals surface area contributed by atoms with Crippen LogP contribution in [0.4, 0.5) is 0 Å². The highest BCUT2D eigenvalue weighted by atomic mass is 79.9. The molecule has 1 aromatic rings. The highest BCUT2D eigenvalue weighted by molar-refractivity contribution is 9.12. The molecule has 0 saturated carbocycles. The third-order valence-corrected chi connectivity index (χ3v) is 5.15. The predicted molar refractivity (Wildman–Crippen MR) is 81.0 cm³/mol. The summed E-state index contributed by atoms with van der Waals surface area (Å²) in [5.41, 5.74) is 0.775. The molecular formula is C12H17Br2NOS. The molecule has 1 rings (SSSR count). The van der Waals surface area contributed by atoms with Crippen molar-refractivity contribution in [2.45, 2.75) is 32.7 Å². The zero-order valence-corrected chi connectivity index (χ0v) is 14.3. The predicted octanol–water partition coefficient (Wildman–Crippen LogP) is 4.58. The second-order valence-corrected chi connectivity index (χ2v) is 7.96. The lowest BCUT2D eigenvalue weighted by Crippen LogP contribution is -2.33. The summed E-state index contributed by atoms with van der Waals surface area (Å²) in [6, 6.07) is 2.33. The fourth-order valence-electron chi connectivity index (χ4n) is 1.64. The van der Waals surface area contributed by atoms with Crippen LogP contribution in [0.2, 0.25) is 0 Å². The Morgan fingerprint density at radius 1 is 1.53 bits per heavy atom. The summed E-state index contributed by atoms with van der Waals surface area (Å²) in [7, 11) is 2.01. The van der Waals surface area contributed by atoms with Gasteiger partial charge in [0, 0.05) is 11.6 Å². The first-order valence-corrected chi connectivity index (χ1v) is 8.04. The lowest BCUT2D eigenvalue weighted by molar-refractivity contribution is 0.0921. The molecule has 17 heavy (non-hydrogen) atoms. The summed E-state index contributed by atoms with van der Waals surface area (Å²) >= 11 is 8.36. The van der Waals surface area contributed by atoms with Crippen molar-refractivity contribution in [2.75, 3.05) is 13.6 Å². The van der Waals surface area contributed by atoms with Crippen LogP contribution in [-0.2, 0) is 0 Å². The normalized spacial score (nSPS) is 13.1. The Morgan fingerprint density at radius 2 is 2.18 bits per heavy atom. The van der Waals surface area contributed by atoms with Crippen molar-refractivity contribution in [3.63, 3.8) is 0 Å². The number of thiophene rings is 1. The van der Waals surface area contributed by atoms with Gasteiger partial charge in [0.25, 0.3) is 0 Å². The van der Waals surface area contributed by atoms with Gasteiger partial charge in [0.1, 0.15) is 0 Å². The molecular weight excluding hydrogens is 366 g/mol. The Balaban J connectivity index is 2.63. The molecule has 0 N–H and O–H groups in total. The first-order chi connectivity index (χ1) is 7.95. The second kappa shape index (κ2) is 7.02. The number of halogens is 2. The number of Topliss-reactive ketones (excluding diaryl/α,β-unsaturated/α-hetero) is 1. The van der Waals surface area contributed by atoms with E-state index in [1.165, 1.54) is 11.3 Å². The van der Waals surface area contributed by atoms with Gasteiger partial charge in [0.15, 0.2) is 5.78 Å². The molecule has 1 unspecified atom stereocenters. The molecule has 0 aliphatic rings. The maximum atomic E-state index is 12.1. The Kier molecular flexibility index (Phi) is 6.34. The molecule has 0 spiro atoms. The number of carbonyl (C=O) groups is 1. The minimum Gasteiger partial charge on any atom is -0.296 e. The highest BCUT2D eigenvalue weighted by Crippen LogP contribution is 2.32. The third kappa shape index (κ3) is 4.47. The molecule has 96 valence electrons. The number of carbonyl (C=O) groups excluding carboxylic acids is 1. The van der Waals surface area contributed by atoms with Crippen LogP contribution >= 0.6 is 43.2 Å². The average Bonchev–Trinajstić information content (AvgIpc) is 2.58. The summed E-state index contributed by atoms with van der Waals surface area (Å²) in [6.07, 6.45) is 2.27. The highest BCUT2D eigenvalue weighted by Gasteiger charge is 2.17. The molecule has 0 amide bonds. The van der Waals surface area contributed by atoms with Crippen LogP contribution in [0.1, 0.15) is 37.0 Å². The minimum atomic E-state index is 0.171. The summed E-state index contributed by atoms with van der Waals surface area (Å²) < 4.78 is 1.89. The molecule has 2 nitrogen and oxygen atoms in total. The minimum absolute atomic E-state index is 0.171. The molecule has 0 radical (unpaired) electrons. The zero-order valence-electron chi connectivity index (χ0n) is 10.3. The molecule has 0 aliphatic heterocycles. The molecule has 1 heterocycles. The van der Waals surface area contributed by atoms with Crippen molar-refractivity contribution in [3.05, 3.63) is 19.2 Å². The van der Waals surface area contributed by atoms with Gasteiger partial charge >= 0.3 is 0 Å². The van der Waals surface area contributed by atoms with Crippen LogP contribution < -0.4 is 0 Å². The molecule has 0 bridgehead atoms. The molecule has 5 heteroatoms. The maximum Gasteiger partial charge on any atom is 0.178 e. The smallest absolute Gasteiger partial charge is 0.178 e. The zero-order chi connectivity index (χ0) is 13.0. The van der Waals surface area contributed by atoms with Gasteiger partial charge in [-0.1, -0.05) is 13.3 Å². The van der Waals surface area contributed by atoms with E-state index < -0.39 is 0 Å². The number of hydrogen-bond donors (Lipinski definition) is 0. The van der Waals surface area contributed by atoms with Crippen LogP contribution in [-0.4, -0.2) is 30.3 Å². The standard InChI is InChI=1S/C12H17Br2NOS/c1-4-5-8(2)15(3)7-10(16)9-6-11(13)17-12(9)14/h6,8H,4-5,7H2,1-3H3. The van der Waals surface area contributed by atoms with Crippen molar-refractivity contribution in [1.82, 2.24) is 4.90 Å². The van der Waals surface area contributed by atoms with Crippen molar-refractivity contribution >= 4 is 49.0 Å². The Bertz CT molecular complexity index is 392. The van der Waals surface area contributed by atoms with Crippen molar-refractivity contribution in [1.29, 1.82) is 0 Å². The van der Waals surface area contributed by atoms with Gasteiger partial charge < -0.3 is 0 Å². The molecule has 1 aromatic heterocycles. The third-order valence-electron chi connectivity index (χ3n) is 2.81. The van der Waals surface area contributed by atoms with Gasteiger partial charge in [-0.15, -0.1) is 11.3 Å². The number of hydrogen-bond acceptors (Lipinski definition) is 3. The van der Waals surface area contributed by atoms with E-state index in [4.69, 9.17) is 0 Å². The molecule has 0 aromatic carbocycles. The van der Waals surface area contributed by atoms with Gasteiger partial charge in [0.05, 0.1) is 14.1 Å². The molecule has 1 atom stereocenters. The van der Waals surface area contributed by atoms with Gasteiger partial charge in [-0.3, -0.25) is 9.69 Å². The average molecular weight is 383 g/mol. The van der Waals surface area contributed by atoms with E-state index in [0.29, 0.717) is 12.6 Å². The fourth-order valence-corrected chi connectivity index (χ4v) is 4.49. The first-order valence-electron chi connectivity index (χ1n) is 5.64. The largest absolute Gasteiger partial charge is 0.296 e. The Labute approximate surface area is 124 Å². The van der Waals surface area contributed by atoms with E-state index in [9.17, 15) is 4.79 Å². The van der Waals surface area contributed by atoms with E-state index in [-0.39, 0.29) is 5.78 Å². The van der Waals surface area contributed by atoms with Gasteiger partial charge in [-0.05, 0) is 58.3 Å². The van der Waals surface area contributed by atoms with E-state index in [1.54, 1.807) is 0 Å². The van der Waals surface area contributed by atoms with E-state index in [0.717, 1.165) is 26.0 Å². The van der Waals surface area contributed by atoms with Crippen LogP contribution in [0, 0.1) is 0 Å². The van der Waals surface area contributed by atoms with Crippen molar-refractivity contribution in [3.8, 4) is 0 Å². The van der Waals surface area contributed by atoms with Crippen LogP contribution in [0.25, 0.3) is 0 Å². The first kappa shape index (κ1) is 15.3. The summed E-state index contributed by atoms with van der Waals surface area (Å²) in [5.74, 6) is 0.171. The van der Waals surface area contributed by atoms with Crippen LogP contribution in [0.3, 0.4) is 0 Å². The number of rotatable bonds is 6. The lowest BCUT2D eigenvalue weighted by atomic mass is 10.1. The quantitative estimate of drug-likeness (QED) is 0.671. The van der Waals surface area contributed by atoms with Gasteiger partial charge in [-0.2, -0.15) is 0 Å². The van der Waals surface area contributed by atoms with Crippen molar-refractivity contribution < 1.29 is 4.79 Å². The topological polar surface area (TPSA) is 20.3 Å². The lowest BCUT2D eigenvalue weighted by Gasteiger charge is -2.23. The Hall–Kier alpha value is 0.290. The number of likely N-dealkylation sites (N-methyl/N-ethyl adjacent to an activating group) is 1. The van der Waals surface area contributed by atoms with E-state index in [2.05, 4.69) is 50.6 Å². The van der Waals surface area contributed by atoms with Crippen LogP contribution in [0.15, 0.2) is 13.6 Å². The molecule has 0 aliphatic carbocycles. The van der Waals surface area contributed by atoms with Crippen LogP contribution in [0.5, 0.6) is 0 Å². The van der Waals surface area contributed by atoms with Gasteiger partial charge in [-0.25, -0.2) is 0 Å². The van der Waals surface area contributed by atoms with Gasteiger partial charge in [0.2, 0.25) is 0 Å². The summed E-state index contributed by atoms with van der Waals surface area (Å²) in [5, 5.41) is 0. The molecule has 0 fully saturated rings. The van der Waals surface area contributed by atoms with E-state index in [1.807, 2.05) is 13.1 Å². The Morgan fingerprint density at radius 3 is 2.65 bits per heavy atom.